The molecule has 0 spiro atoms. The number of aromatic amines is 1. The van der Waals surface area contributed by atoms with E-state index in [2.05, 4.69) is 57.4 Å². The van der Waals surface area contributed by atoms with Crippen molar-refractivity contribution < 1.29 is 0 Å². The van der Waals surface area contributed by atoms with Gasteiger partial charge in [0.05, 0.1) is 0 Å². The summed E-state index contributed by atoms with van der Waals surface area (Å²) < 4.78 is 1.10. The predicted molar refractivity (Wildman–Crippen MR) is 67.0 cm³/mol. The van der Waals surface area contributed by atoms with Crippen molar-refractivity contribution in [3.63, 3.8) is 0 Å². The van der Waals surface area contributed by atoms with E-state index in [4.69, 9.17) is 0 Å². The van der Waals surface area contributed by atoms with Gasteiger partial charge in [0.1, 0.15) is 0 Å². The molecule has 0 saturated heterocycles. The van der Waals surface area contributed by atoms with Crippen LogP contribution in [0, 0.1) is 6.92 Å². The van der Waals surface area contributed by atoms with E-state index in [1.165, 1.54) is 16.8 Å². The number of aromatic nitrogens is 1. The monoisotopic (exact) mass is 264 g/mol. The second-order valence-electron chi connectivity index (χ2n) is 3.53. The summed E-state index contributed by atoms with van der Waals surface area (Å²) in [6.07, 6.45) is 3.94. The molecule has 15 heavy (non-hydrogen) atoms. The van der Waals surface area contributed by atoms with Gasteiger partial charge in [0.15, 0.2) is 0 Å². The van der Waals surface area contributed by atoms with Gasteiger partial charge in [0, 0.05) is 29.1 Å². The normalized spacial score (nSPS) is 10.3. The Morgan fingerprint density at radius 2 is 2.20 bits per heavy atom. The van der Waals surface area contributed by atoms with E-state index < -0.39 is 0 Å². The number of nitrogens with one attached hydrogen (secondary N) is 2. The van der Waals surface area contributed by atoms with Crippen LogP contribution in [-0.4, -0.2) is 4.98 Å². The van der Waals surface area contributed by atoms with Crippen molar-refractivity contribution in [2.75, 3.05) is 5.32 Å². The summed E-state index contributed by atoms with van der Waals surface area (Å²) in [7, 11) is 0. The van der Waals surface area contributed by atoms with E-state index in [0.29, 0.717) is 0 Å². The first kappa shape index (κ1) is 10.3. The predicted octanol–water partition coefficient (Wildman–Crippen LogP) is 3.70. The number of benzene rings is 1. The van der Waals surface area contributed by atoms with Crippen LogP contribution in [0.2, 0.25) is 0 Å². The smallest absolute Gasteiger partial charge is 0.0415 e. The molecule has 1 heterocycles. The fourth-order valence-corrected chi connectivity index (χ4v) is 1.81. The summed E-state index contributed by atoms with van der Waals surface area (Å²) in [5, 5.41) is 3.41. The third-order valence-electron chi connectivity index (χ3n) is 2.34. The van der Waals surface area contributed by atoms with E-state index in [-0.39, 0.29) is 0 Å². The first-order valence-electron chi connectivity index (χ1n) is 4.87. The van der Waals surface area contributed by atoms with Gasteiger partial charge in [-0.25, -0.2) is 0 Å². The van der Waals surface area contributed by atoms with Crippen LogP contribution < -0.4 is 5.32 Å². The first-order valence-corrected chi connectivity index (χ1v) is 5.67. The van der Waals surface area contributed by atoms with Crippen LogP contribution >= 0.6 is 15.9 Å². The van der Waals surface area contributed by atoms with Crippen LogP contribution in [0.4, 0.5) is 5.69 Å². The number of H-pyrrole nitrogens is 1. The Labute approximate surface area is 97.8 Å². The van der Waals surface area contributed by atoms with Crippen molar-refractivity contribution >= 4 is 21.6 Å². The second kappa shape index (κ2) is 4.53. The number of anilines is 1. The highest BCUT2D eigenvalue weighted by atomic mass is 79.9. The highest BCUT2D eigenvalue weighted by Crippen LogP contribution is 2.21. The molecule has 2 rings (SSSR count). The summed E-state index contributed by atoms with van der Waals surface area (Å²) in [6.45, 7) is 2.95. The van der Waals surface area contributed by atoms with Crippen LogP contribution in [-0.2, 0) is 6.54 Å². The SMILES string of the molecule is Cc1ccc(Br)cc1NCc1cc[nH]c1. The van der Waals surface area contributed by atoms with Crippen molar-refractivity contribution in [1.29, 1.82) is 0 Å². The fraction of sp³-hybridized carbons (Fsp3) is 0.167. The van der Waals surface area contributed by atoms with Gasteiger partial charge in [0.25, 0.3) is 0 Å². The van der Waals surface area contributed by atoms with Gasteiger partial charge < -0.3 is 10.3 Å². The summed E-state index contributed by atoms with van der Waals surface area (Å²) in [5.74, 6) is 0. The molecule has 1 aromatic carbocycles. The Balaban J connectivity index is 2.07. The van der Waals surface area contributed by atoms with Gasteiger partial charge in [-0.2, -0.15) is 0 Å². The van der Waals surface area contributed by atoms with Crippen LogP contribution in [0.15, 0.2) is 41.1 Å². The lowest BCUT2D eigenvalue weighted by Gasteiger charge is -2.08. The number of aryl methyl sites for hydroxylation is 1. The van der Waals surface area contributed by atoms with E-state index in [1.807, 2.05) is 12.4 Å². The van der Waals surface area contributed by atoms with Gasteiger partial charge in [-0.05, 0) is 36.2 Å². The number of halogens is 1. The van der Waals surface area contributed by atoms with Gasteiger partial charge in [-0.15, -0.1) is 0 Å². The topological polar surface area (TPSA) is 27.8 Å². The lowest BCUT2D eigenvalue weighted by atomic mass is 10.2. The fourth-order valence-electron chi connectivity index (χ4n) is 1.45. The van der Waals surface area contributed by atoms with Gasteiger partial charge in [-0.1, -0.05) is 22.0 Å². The Morgan fingerprint density at radius 1 is 1.33 bits per heavy atom. The Kier molecular flexibility index (Phi) is 3.11. The van der Waals surface area contributed by atoms with E-state index in [1.54, 1.807) is 0 Å². The standard InChI is InChI=1S/C12H13BrN2/c1-9-2-3-11(13)6-12(9)15-8-10-4-5-14-7-10/h2-7,14-15H,8H2,1H3. The molecule has 78 valence electrons. The quantitative estimate of drug-likeness (QED) is 0.870. The third kappa shape index (κ3) is 2.63. The minimum absolute atomic E-state index is 0.848. The third-order valence-corrected chi connectivity index (χ3v) is 2.84. The van der Waals surface area contributed by atoms with Crippen molar-refractivity contribution in [2.24, 2.45) is 0 Å². The number of hydrogen-bond acceptors (Lipinski definition) is 1. The highest BCUT2D eigenvalue weighted by Gasteiger charge is 1.99. The molecule has 0 aliphatic heterocycles. The molecule has 0 unspecified atom stereocenters. The maximum Gasteiger partial charge on any atom is 0.0415 e. The van der Waals surface area contributed by atoms with Crippen LogP contribution in [0.25, 0.3) is 0 Å². The van der Waals surface area contributed by atoms with Crippen LogP contribution in [0.3, 0.4) is 0 Å². The Hall–Kier alpha value is -1.22. The molecule has 0 aliphatic carbocycles. The van der Waals surface area contributed by atoms with Crippen molar-refractivity contribution in [2.45, 2.75) is 13.5 Å². The molecule has 3 heteroatoms. The average Bonchev–Trinajstić information content (AvgIpc) is 2.72. The maximum absolute atomic E-state index is 3.47. The average molecular weight is 265 g/mol. The minimum atomic E-state index is 0.848. The van der Waals surface area contributed by atoms with E-state index in [9.17, 15) is 0 Å². The zero-order valence-electron chi connectivity index (χ0n) is 8.55. The molecule has 0 bridgehead atoms. The second-order valence-corrected chi connectivity index (χ2v) is 4.45. The minimum Gasteiger partial charge on any atom is -0.381 e. The maximum atomic E-state index is 3.47. The van der Waals surface area contributed by atoms with Gasteiger partial charge >= 0.3 is 0 Å². The molecule has 0 aliphatic rings. The van der Waals surface area contributed by atoms with Crippen molar-refractivity contribution in [1.82, 2.24) is 4.98 Å². The van der Waals surface area contributed by atoms with E-state index >= 15 is 0 Å². The number of rotatable bonds is 3. The van der Waals surface area contributed by atoms with Crippen molar-refractivity contribution in [3.8, 4) is 0 Å². The Morgan fingerprint density at radius 3 is 2.93 bits per heavy atom. The molecule has 0 saturated carbocycles. The van der Waals surface area contributed by atoms with E-state index in [0.717, 1.165) is 11.0 Å². The van der Waals surface area contributed by atoms with Gasteiger partial charge in [0.2, 0.25) is 0 Å². The molecule has 2 nitrogen and oxygen atoms in total. The van der Waals surface area contributed by atoms with Crippen LogP contribution in [0.5, 0.6) is 0 Å². The molecular weight excluding hydrogens is 252 g/mol. The molecule has 0 radical (unpaired) electrons. The zero-order chi connectivity index (χ0) is 10.7. The lowest BCUT2D eigenvalue weighted by Crippen LogP contribution is -1.99. The van der Waals surface area contributed by atoms with Crippen LogP contribution in [0.1, 0.15) is 11.1 Å². The summed E-state index contributed by atoms with van der Waals surface area (Å²) >= 11 is 3.47. The summed E-state index contributed by atoms with van der Waals surface area (Å²) in [6, 6.07) is 8.32. The molecular formula is C12H13BrN2. The highest BCUT2D eigenvalue weighted by molar-refractivity contribution is 9.10. The van der Waals surface area contributed by atoms with Crippen molar-refractivity contribution in [3.05, 3.63) is 52.3 Å². The molecule has 2 N–H and O–H groups in total. The molecule has 1 aromatic heterocycles. The summed E-state index contributed by atoms with van der Waals surface area (Å²) in [4.78, 5) is 3.04. The molecule has 2 aromatic rings. The zero-order valence-corrected chi connectivity index (χ0v) is 10.1. The summed E-state index contributed by atoms with van der Waals surface area (Å²) in [5.41, 5.74) is 3.69. The largest absolute Gasteiger partial charge is 0.381 e. The van der Waals surface area contributed by atoms with Gasteiger partial charge in [-0.3, -0.25) is 0 Å². The number of hydrogen-bond donors (Lipinski definition) is 2. The molecule has 0 amide bonds. The lowest BCUT2D eigenvalue weighted by molar-refractivity contribution is 1.14. The molecule has 0 atom stereocenters. The Bertz CT molecular complexity index is 435. The molecule has 0 fully saturated rings. The first-order chi connectivity index (χ1) is 7.25.